The fraction of sp³-hybridized carbons (Fsp3) is 0.946. The summed E-state index contributed by atoms with van der Waals surface area (Å²) in [5, 5.41) is 0. The number of ketones is 5. The van der Waals surface area contributed by atoms with E-state index in [-0.39, 0.29) is 27.1 Å². The van der Waals surface area contributed by atoms with Crippen LogP contribution in [0, 0.1) is 116 Å². The average molecular weight is 1390 g/mol. The molecule has 0 heterocycles. The second-order valence-corrected chi connectivity index (χ2v) is 40.7. The highest BCUT2D eigenvalue weighted by atomic mass is 16.5. The van der Waals surface area contributed by atoms with Gasteiger partial charge in [-0.2, -0.15) is 0 Å². The number of carbonyl (C=O) groups is 5. The summed E-state index contributed by atoms with van der Waals surface area (Å²) in [6, 6.07) is 0. The Morgan fingerprint density at radius 2 is 0.414 bits per heavy atom. The molecule has 0 aliphatic heterocycles. The summed E-state index contributed by atoms with van der Waals surface area (Å²) in [5.41, 5.74) is -0.774. The molecule has 5 rings (SSSR count). The Morgan fingerprint density at radius 1 is 0.232 bits per heavy atom. The highest BCUT2D eigenvalue weighted by Crippen LogP contribution is 2.40. The van der Waals surface area contributed by atoms with E-state index in [0.717, 1.165) is 160 Å². The first-order chi connectivity index (χ1) is 46.0. The van der Waals surface area contributed by atoms with Gasteiger partial charge in [0.15, 0.2) is 0 Å². The molecular formula is C93H176O6. The number of rotatable bonds is 34. The Hall–Kier alpha value is -1.69. The molecule has 0 N–H and O–H groups in total. The lowest BCUT2D eigenvalue weighted by Gasteiger charge is -2.31. The maximum Gasteiger partial charge on any atom is 0.138 e. The molecule has 6 nitrogen and oxygen atoms in total. The van der Waals surface area contributed by atoms with Crippen molar-refractivity contribution in [3.8, 4) is 0 Å². The zero-order chi connectivity index (χ0) is 75.2. The van der Waals surface area contributed by atoms with E-state index < -0.39 is 0 Å². The molecule has 0 radical (unpaired) electrons. The van der Waals surface area contributed by atoms with Crippen molar-refractivity contribution in [3.05, 3.63) is 0 Å². The monoisotopic (exact) mass is 1390 g/mol. The second-order valence-electron chi connectivity index (χ2n) is 40.7. The predicted octanol–water partition coefficient (Wildman–Crippen LogP) is 28.5. The normalized spacial score (nSPS) is 24.2. The van der Waals surface area contributed by atoms with Gasteiger partial charge in [-0.25, -0.2) is 0 Å². The smallest absolute Gasteiger partial charge is 0.138 e. The van der Waals surface area contributed by atoms with Gasteiger partial charge in [0.1, 0.15) is 28.9 Å². The van der Waals surface area contributed by atoms with Crippen LogP contribution in [0.2, 0.25) is 0 Å². The molecule has 0 aromatic rings. The van der Waals surface area contributed by atoms with Crippen LogP contribution in [0.25, 0.3) is 0 Å². The van der Waals surface area contributed by atoms with Crippen LogP contribution in [0.4, 0.5) is 0 Å². The first-order valence-corrected chi connectivity index (χ1v) is 43.3. The zero-order valence-corrected chi connectivity index (χ0v) is 71.5. The van der Waals surface area contributed by atoms with Gasteiger partial charge >= 0.3 is 0 Å². The molecule has 0 atom stereocenters. The maximum absolute atomic E-state index is 11.8. The Labute approximate surface area is 619 Å². The van der Waals surface area contributed by atoms with Gasteiger partial charge in [-0.3, -0.25) is 24.0 Å². The third-order valence-electron chi connectivity index (χ3n) is 25.3. The molecule has 5 aliphatic rings. The van der Waals surface area contributed by atoms with Gasteiger partial charge in [-0.05, 0) is 192 Å². The number of unbranched alkanes of at least 4 members (excludes halogenated alkanes) is 6. The van der Waals surface area contributed by atoms with Crippen molar-refractivity contribution in [3.63, 3.8) is 0 Å². The molecule has 0 saturated heterocycles. The van der Waals surface area contributed by atoms with E-state index in [9.17, 15) is 24.0 Å². The Balaban J connectivity index is 0.000000619. The summed E-state index contributed by atoms with van der Waals surface area (Å²) in [4.78, 5) is 59.1. The van der Waals surface area contributed by atoms with E-state index in [4.69, 9.17) is 4.74 Å². The molecule has 5 saturated carbocycles. The molecule has 0 unspecified atom stereocenters. The lowest BCUT2D eigenvalue weighted by Crippen LogP contribution is -2.21. The van der Waals surface area contributed by atoms with E-state index in [2.05, 4.69) is 69.2 Å². The average Bonchev–Trinajstić information content (AvgIpc) is 1.09. The van der Waals surface area contributed by atoms with Crippen LogP contribution in [0.5, 0.6) is 0 Å². The van der Waals surface area contributed by atoms with Gasteiger partial charge in [0, 0.05) is 72.4 Å². The van der Waals surface area contributed by atoms with Gasteiger partial charge in [0.2, 0.25) is 0 Å². The topological polar surface area (TPSA) is 94.6 Å². The number of ether oxygens (including phenoxy) is 1. The highest BCUT2D eigenvalue weighted by Gasteiger charge is 2.30. The van der Waals surface area contributed by atoms with E-state index in [1.54, 1.807) is 0 Å². The molecule has 0 amide bonds. The molecule has 99 heavy (non-hydrogen) atoms. The standard InChI is InChI=1S/C20H38O.C19H36O2.C19H36O.C18H34O.C17H32O/c1-16(2)18-14-12-17(13-15-18)10-8-6-7-9-11-19(21)20(3,4)5;1-15(2)17-10-8-16(9-11-17)12-14-21-13-6-7-18(20)19(3,4)5;1-15(2)17-13-11-16(12-14-17)9-7-6-8-10-18(20)19(3,4)5;1-14(2)16-12-10-15(11-13-16)8-6-7-9-17(19)18(3,4)5;1-13(2)15-11-9-14(10-12-15)7-6-8-16(18)17(3,4)5/h16-18H,6-15H2,1-5H3;15-17H,6-14H2,1-5H3;15-17H,6-14H2,1-5H3;14-16H,6-13H2,1-5H3;13-15H,6-12H2,1-5H3. The molecular weight excluding hydrogens is 1210 g/mol. The minimum atomic E-state index is -0.199. The third kappa shape index (κ3) is 45.4. The zero-order valence-electron chi connectivity index (χ0n) is 71.5. The molecule has 584 valence electrons. The van der Waals surface area contributed by atoms with Crippen molar-refractivity contribution in [2.24, 2.45) is 116 Å². The van der Waals surface area contributed by atoms with E-state index >= 15 is 0 Å². The minimum Gasteiger partial charge on any atom is -0.381 e. The molecule has 0 aromatic carbocycles. The van der Waals surface area contributed by atoms with Crippen molar-refractivity contribution in [1.29, 1.82) is 0 Å². The Bertz CT molecular complexity index is 2000. The van der Waals surface area contributed by atoms with E-state index in [1.807, 2.05) is 104 Å². The minimum absolute atomic E-state index is 0.144. The van der Waals surface area contributed by atoms with Crippen LogP contribution in [0.3, 0.4) is 0 Å². The Kier molecular flexibility index (Phi) is 48.1. The fourth-order valence-electron chi connectivity index (χ4n) is 16.5. The summed E-state index contributed by atoms with van der Waals surface area (Å²) in [6.45, 7) is 55.6. The molecule has 0 aromatic heterocycles. The lowest BCUT2D eigenvalue weighted by molar-refractivity contribution is -0.127. The summed E-state index contributed by atoms with van der Waals surface area (Å²) >= 11 is 0. The van der Waals surface area contributed by atoms with Gasteiger partial charge in [-0.1, -0.05) is 302 Å². The predicted molar refractivity (Wildman–Crippen MR) is 432 cm³/mol. The summed E-state index contributed by atoms with van der Waals surface area (Å²) in [5.74, 6) is 15.9. The van der Waals surface area contributed by atoms with Crippen molar-refractivity contribution >= 4 is 28.9 Å². The van der Waals surface area contributed by atoms with Crippen molar-refractivity contribution < 1.29 is 28.7 Å². The SMILES string of the molecule is CC(C)C1CCC(CCCC(=O)C(C)(C)C)CC1.CC(C)C1CCC(CCCCC(=O)C(C)(C)C)CC1.CC(C)C1CCC(CCCCCC(=O)C(C)(C)C)CC1.CC(C)C1CCC(CCCCCCC(=O)C(C)(C)C)CC1.CC(C)C1CCC(CCOCCCC(=O)C(C)(C)C)CC1. The summed E-state index contributed by atoms with van der Waals surface area (Å²) in [6.07, 6.45) is 52.0. The van der Waals surface area contributed by atoms with Crippen LogP contribution in [0.15, 0.2) is 0 Å². The first-order valence-electron chi connectivity index (χ1n) is 43.3. The van der Waals surface area contributed by atoms with Crippen LogP contribution in [0.1, 0.15) is 436 Å². The van der Waals surface area contributed by atoms with Crippen molar-refractivity contribution in [2.75, 3.05) is 13.2 Å². The van der Waals surface area contributed by atoms with Gasteiger partial charge in [0.25, 0.3) is 0 Å². The molecule has 0 spiro atoms. The highest BCUT2D eigenvalue weighted by molar-refractivity contribution is 5.85. The van der Waals surface area contributed by atoms with Crippen LogP contribution in [-0.4, -0.2) is 42.1 Å². The quantitative estimate of drug-likeness (QED) is 0.0596. The van der Waals surface area contributed by atoms with E-state index in [1.165, 1.54) is 199 Å². The van der Waals surface area contributed by atoms with Gasteiger partial charge in [-0.15, -0.1) is 0 Å². The van der Waals surface area contributed by atoms with Crippen LogP contribution >= 0.6 is 0 Å². The summed E-state index contributed by atoms with van der Waals surface area (Å²) < 4.78 is 5.72. The Morgan fingerprint density at radius 3 is 0.657 bits per heavy atom. The molecule has 0 bridgehead atoms. The largest absolute Gasteiger partial charge is 0.381 e. The molecule has 6 heteroatoms. The first kappa shape index (κ1) is 95.3. The number of hydrogen-bond donors (Lipinski definition) is 0. The fourth-order valence-corrected chi connectivity index (χ4v) is 16.5. The van der Waals surface area contributed by atoms with E-state index in [0.29, 0.717) is 35.3 Å². The second kappa shape index (κ2) is 50.0. The number of hydrogen-bond acceptors (Lipinski definition) is 6. The van der Waals surface area contributed by atoms with Crippen molar-refractivity contribution in [1.82, 2.24) is 0 Å². The lowest BCUT2D eigenvalue weighted by atomic mass is 9.75. The number of carbonyl (C=O) groups excluding carboxylic acids is 5. The maximum atomic E-state index is 11.8. The molecule has 5 fully saturated rings. The third-order valence-corrected chi connectivity index (χ3v) is 25.3. The van der Waals surface area contributed by atoms with Crippen LogP contribution in [-0.2, 0) is 28.7 Å². The van der Waals surface area contributed by atoms with Gasteiger partial charge in [0.05, 0.1) is 0 Å². The number of Topliss-reactive ketones (excluding diaryl/α,β-unsaturated/α-hetero) is 5. The van der Waals surface area contributed by atoms with Crippen molar-refractivity contribution in [2.45, 2.75) is 436 Å². The summed E-state index contributed by atoms with van der Waals surface area (Å²) in [7, 11) is 0. The van der Waals surface area contributed by atoms with Crippen LogP contribution < -0.4 is 0 Å². The molecule has 5 aliphatic carbocycles. The van der Waals surface area contributed by atoms with Gasteiger partial charge < -0.3 is 4.74 Å².